The van der Waals surface area contributed by atoms with Gasteiger partial charge in [-0.1, -0.05) is 23.2 Å². The minimum Gasteiger partial charge on any atom is -0.324 e. The van der Waals surface area contributed by atoms with E-state index in [1.54, 1.807) is 12.1 Å². The molecule has 5 heteroatoms. The lowest BCUT2D eigenvalue weighted by Crippen LogP contribution is -2.05. The Kier molecular flexibility index (Phi) is 3.83. The first-order valence-corrected chi connectivity index (χ1v) is 6.50. The van der Waals surface area contributed by atoms with Gasteiger partial charge in [-0.3, -0.25) is 0 Å². The molecule has 1 heterocycles. The average Bonchev–Trinajstić information content (AvgIpc) is 2.64. The molecule has 2 rings (SSSR count). The molecular formula is C13H15Cl2N3. The second-order valence-electron chi connectivity index (χ2n) is 4.46. The summed E-state index contributed by atoms with van der Waals surface area (Å²) < 4.78 is 2.07. The predicted octanol–water partition coefficient (Wildman–Crippen LogP) is 4.82. The average molecular weight is 284 g/mol. The number of halogens is 2. The lowest BCUT2D eigenvalue weighted by Gasteiger charge is -2.13. The Morgan fingerprint density at radius 1 is 1.28 bits per heavy atom. The van der Waals surface area contributed by atoms with Crippen molar-refractivity contribution >= 4 is 34.8 Å². The van der Waals surface area contributed by atoms with E-state index in [0.717, 1.165) is 17.3 Å². The molecule has 2 aromatic rings. The highest BCUT2D eigenvalue weighted by molar-refractivity contribution is 6.36. The highest BCUT2D eigenvalue weighted by atomic mass is 35.5. The van der Waals surface area contributed by atoms with Gasteiger partial charge < -0.3 is 9.88 Å². The van der Waals surface area contributed by atoms with E-state index in [0.29, 0.717) is 16.1 Å². The predicted molar refractivity (Wildman–Crippen MR) is 77.1 cm³/mol. The minimum atomic E-state index is 0.333. The summed E-state index contributed by atoms with van der Waals surface area (Å²) in [6.45, 7) is 6.18. The van der Waals surface area contributed by atoms with Gasteiger partial charge in [-0.2, -0.15) is 0 Å². The van der Waals surface area contributed by atoms with E-state index in [-0.39, 0.29) is 0 Å². The second kappa shape index (κ2) is 5.21. The number of anilines is 2. The summed E-state index contributed by atoms with van der Waals surface area (Å²) in [5.41, 5.74) is 1.77. The molecule has 18 heavy (non-hydrogen) atoms. The van der Waals surface area contributed by atoms with Crippen molar-refractivity contribution < 1.29 is 0 Å². The van der Waals surface area contributed by atoms with Crippen LogP contribution in [0, 0.1) is 6.92 Å². The van der Waals surface area contributed by atoms with Crippen molar-refractivity contribution in [3.8, 4) is 0 Å². The largest absolute Gasteiger partial charge is 0.324 e. The molecular weight excluding hydrogens is 269 g/mol. The topological polar surface area (TPSA) is 29.9 Å². The molecule has 0 atom stereocenters. The highest BCUT2D eigenvalue weighted by Crippen LogP contribution is 2.28. The monoisotopic (exact) mass is 283 g/mol. The zero-order chi connectivity index (χ0) is 13.3. The molecule has 0 aliphatic heterocycles. The van der Waals surface area contributed by atoms with E-state index in [4.69, 9.17) is 23.2 Å². The van der Waals surface area contributed by atoms with Crippen molar-refractivity contribution in [2.75, 3.05) is 5.32 Å². The molecule has 0 aliphatic rings. The molecule has 1 aromatic carbocycles. The molecule has 0 bridgehead atoms. The van der Waals surface area contributed by atoms with E-state index in [9.17, 15) is 0 Å². The van der Waals surface area contributed by atoms with Crippen molar-refractivity contribution in [2.45, 2.75) is 26.8 Å². The third kappa shape index (κ3) is 2.79. The number of imidazole rings is 1. The van der Waals surface area contributed by atoms with Gasteiger partial charge >= 0.3 is 0 Å². The van der Waals surface area contributed by atoms with Crippen molar-refractivity contribution in [1.29, 1.82) is 0 Å². The molecule has 0 amide bonds. The van der Waals surface area contributed by atoms with E-state index in [2.05, 4.69) is 28.7 Å². The summed E-state index contributed by atoms with van der Waals surface area (Å²) in [5.74, 6) is 0.784. The zero-order valence-electron chi connectivity index (χ0n) is 10.5. The van der Waals surface area contributed by atoms with Crippen molar-refractivity contribution in [1.82, 2.24) is 9.55 Å². The van der Waals surface area contributed by atoms with Crippen LogP contribution in [0.1, 0.15) is 25.6 Å². The number of benzene rings is 1. The molecule has 0 unspecified atom stereocenters. The number of nitrogens with zero attached hydrogens (tertiary/aromatic N) is 2. The molecule has 0 radical (unpaired) electrons. The van der Waals surface area contributed by atoms with Gasteiger partial charge in [0.25, 0.3) is 0 Å². The third-order valence-corrected chi connectivity index (χ3v) is 3.13. The van der Waals surface area contributed by atoms with Crippen molar-refractivity contribution in [3.05, 3.63) is 40.1 Å². The van der Waals surface area contributed by atoms with Crippen LogP contribution >= 0.6 is 23.2 Å². The first kappa shape index (κ1) is 13.2. The molecule has 0 saturated carbocycles. The number of aromatic nitrogens is 2. The second-order valence-corrected chi connectivity index (χ2v) is 5.30. The van der Waals surface area contributed by atoms with Crippen LogP contribution in [0.5, 0.6) is 0 Å². The Morgan fingerprint density at radius 3 is 2.61 bits per heavy atom. The number of nitrogens with one attached hydrogen (secondary N) is 1. The quantitative estimate of drug-likeness (QED) is 0.875. The minimum absolute atomic E-state index is 0.333. The fourth-order valence-electron chi connectivity index (χ4n) is 1.71. The van der Waals surface area contributed by atoms with Crippen LogP contribution in [-0.2, 0) is 0 Å². The van der Waals surface area contributed by atoms with Gasteiger partial charge in [0.15, 0.2) is 0 Å². The molecule has 0 spiro atoms. The summed E-state index contributed by atoms with van der Waals surface area (Å²) in [4.78, 5) is 4.45. The lowest BCUT2D eigenvalue weighted by atomic mass is 10.3. The Balaban J connectivity index is 2.33. The fourth-order valence-corrected chi connectivity index (χ4v) is 2.17. The Bertz CT molecular complexity index is 561. The van der Waals surface area contributed by atoms with Gasteiger partial charge in [-0.15, -0.1) is 0 Å². The Labute approximate surface area is 117 Å². The van der Waals surface area contributed by atoms with Gasteiger partial charge in [0.1, 0.15) is 0 Å². The molecule has 0 saturated heterocycles. The third-order valence-electron chi connectivity index (χ3n) is 2.59. The first-order valence-electron chi connectivity index (χ1n) is 5.75. The SMILES string of the molecule is Cc1cn(C(C)C)c(Nc2ccc(Cl)cc2Cl)n1. The molecule has 3 nitrogen and oxygen atoms in total. The van der Waals surface area contributed by atoms with Gasteiger partial charge in [0.05, 0.1) is 16.4 Å². The molecule has 1 N–H and O–H groups in total. The summed E-state index contributed by atoms with van der Waals surface area (Å²) in [6.07, 6.45) is 2.01. The fraction of sp³-hybridized carbons (Fsp3) is 0.308. The van der Waals surface area contributed by atoms with E-state index in [1.165, 1.54) is 0 Å². The Morgan fingerprint density at radius 2 is 2.00 bits per heavy atom. The Hall–Kier alpha value is -1.19. The van der Waals surface area contributed by atoms with Crippen LogP contribution in [0.2, 0.25) is 10.0 Å². The zero-order valence-corrected chi connectivity index (χ0v) is 12.0. The maximum absolute atomic E-state index is 6.13. The number of hydrogen-bond acceptors (Lipinski definition) is 2. The van der Waals surface area contributed by atoms with Crippen LogP contribution in [0.25, 0.3) is 0 Å². The lowest BCUT2D eigenvalue weighted by molar-refractivity contribution is 0.607. The smallest absolute Gasteiger partial charge is 0.207 e. The van der Waals surface area contributed by atoms with Gasteiger partial charge in [-0.05, 0) is 39.0 Å². The van der Waals surface area contributed by atoms with E-state index in [1.807, 2.05) is 19.2 Å². The maximum atomic E-state index is 6.13. The van der Waals surface area contributed by atoms with Crippen LogP contribution in [0.4, 0.5) is 11.6 Å². The highest BCUT2D eigenvalue weighted by Gasteiger charge is 2.10. The van der Waals surface area contributed by atoms with Crippen LogP contribution in [0.3, 0.4) is 0 Å². The molecule has 1 aromatic heterocycles. The van der Waals surface area contributed by atoms with Gasteiger partial charge in [0.2, 0.25) is 5.95 Å². The van der Waals surface area contributed by atoms with Crippen molar-refractivity contribution in [2.24, 2.45) is 0 Å². The van der Waals surface area contributed by atoms with Crippen molar-refractivity contribution in [3.63, 3.8) is 0 Å². The van der Waals surface area contributed by atoms with E-state index < -0.39 is 0 Å². The summed E-state index contributed by atoms with van der Waals surface area (Å²) in [5, 5.41) is 4.43. The number of aryl methyl sites for hydroxylation is 1. The molecule has 0 fully saturated rings. The van der Waals surface area contributed by atoms with Gasteiger partial charge in [0, 0.05) is 17.3 Å². The first-order chi connectivity index (χ1) is 8.47. The number of rotatable bonds is 3. The summed E-state index contributed by atoms with van der Waals surface area (Å²) in [6, 6.07) is 5.69. The number of hydrogen-bond donors (Lipinski definition) is 1. The standard InChI is InChI=1S/C13H15Cl2N3/c1-8(2)18-7-9(3)16-13(18)17-12-5-4-10(14)6-11(12)15/h4-8H,1-3H3,(H,16,17). The molecule has 96 valence electrons. The summed E-state index contributed by atoms with van der Waals surface area (Å²) >= 11 is 12.0. The normalized spacial score (nSPS) is 11.0. The van der Waals surface area contributed by atoms with Crippen LogP contribution in [0.15, 0.2) is 24.4 Å². The van der Waals surface area contributed by atoms with E-state index >= 15 is 0 Å². The molecule has 0 aliphatic carbocycles. The van der Waals surface area contributed by atoms with Crippen LogP contribution in [-0.4, -0.2) is 9.55 Å². The van der Waals surface area contributed by atoms with Gasteiger partial charge in [-0.25, -0.2) is 4.98 Å². The van der Waals surface area contributed by atoms with Crippen LogP contribution < -0.4 is 5.32 Å². The maximum Gasteiger partial charge on any atom is 0.207 e. The summed E-state index contributed by atoms with van der Waals surface area (Å²) in [7, 11) is 0.